The van der Waals surface area contributed by atoms with Crippen LogP contribution < -0.4 is 10.6 Å². The number of benzene rings is 1. The molecule has 1 fully saturated rings. The quantitative estimate of drug-likeness (QED) is 0.857. The van der Waals surface area contributed by atoms with Crippen LogP contribution in [0.1, 0.15) is 38.2 Å². The summed E-state index contributed by atoms with van der Waals surface area (Å²) in [6.45, 7) is 3.15. The topological polar surface area (TPSA) is 41.1 Å². The molecule has 0 unspecified atom stereocenters. The van der Waals surface area contributed by atoms with Gasteiger partial charge >= 0.3 is 0 Å². The van der Waals surface area contributed by atoms with Gasteiger partial charge in [-0.15, -0.1) is 0 Å². The van der Waals surface area contributed by atoms with Crippen molar-refractivity contribution in [1.82, 2.24) is 0 Å². The van der Waals surface area contributed by atoms with Crippen molar-refractivity contribution in [3.8, 4) is 0 Å². The molecule has 0 saturated heterocycles. The number of anilines is 2. The summed E-state index contributed by atoms with van der Waals surface area (Å²) < 4.78 is 0. The Kier molecular flexibility index (Phi) is 2.77. The fourth-order valence-electron chi connectivity index (χ4n) is 2.71. The summed E-state index contributed by atoms with van der Waals surface area (Å²) in [6, 6.07) is 6.20. The van der Waals surface area contributed by atoms with E-state index in [1.807, 2.05) is 6.07 Å². The van der Waals surface area contributed by atoms with Crippen LogP contribution in [0.5, 0.6) is 0 Å². The van der Waals surface area contributed by atoms with Crippen molar-refractivity contribution in [2.24, 2.45) is 5.41 Å². The first-order chi connectivity index (χ1) is 8.73. The zero-order chi connectivity index (χ0) is 12.6. The molecule has 1 aliphatic carbocycles. The number of fused-ring (bicyclic) bond motifs is 1. The van der Waals surface area contributed by atoms with E-state index in [-0.39, 0.29) is 11.3 Å². The van der Waals surface area contributed by atoms with E-state index in [0.717, 1.165) is 37.9 Å². The zero-order valence-electron chi connectivity index (χ0n) is 10.9. The van der Waals surface area contributed by atoms with Gasteiger partial charge < -0.3 is 10.6 Å². The molecule has 18 heavy (non-hydrogen) atoms. The molecule has 96 valence electrons. The maximum Gasteiger partial charge on any atom is 0.230 e. The monoisotopic (exact) mass is 244 g/mol. The lowest BCUT2D eigenvalue weighted by atomic mass is 10.0. The number of carbonyl (C=O) groups is 1. The first-order valence-corrected chi connectivity index (χ1v) is 6.92. The number of carbonyl (C=O) groups excluding carboxylic acids is 1. The lowest BCUT2D eigenvalue weighted by Gasteiger charge is -2.19. The van der Waals surface area contributed by atoms with Crippen molar-refractivity contribution in [2.75, 3.05) is 17.2 Å². The average molecular weight is 244 g/mol. The second-order valence-corrected chi connectivity index (χ2v) is 5.49. The van der Waals surface area contributed by atoms with E-state index in [4.69, 9.17) is 0 Å². The highest BCUT2D eigenvalue weighted by Gasteiger charge is 2.47. The minimum Gasteiger partial charge on any atom is -0.385 e. The van der Waals surface area contributed by atoms with E-state index in [1.165, 1.54) is 17.7 Å². The molecule has 1 saturated carbocycles. The Morgan fingerprint density at radius 3 is 3.00 bits per heavy atom. The summed E-state index contributed by atoms with van der Waals surface area (Å²) in [5.41, 5.74) is 3.42. The van der Waals surface area contributed by atoms with Gasteiger partial charge in [0.05, 0.1) is 0 Å². The molecule has 2 aliphatic rings. The van der Waals surface area contributed by atoms with Crippen LogP contribution in [0.2, 0.25) is 0 Å². The highest BCUT2D eigenvalue weighted by molar-refractivity contribution is 5.97. The highest BCUT2D eigenvalue weighted by Crippen LogP contribution is 2.49. The standard InChI is InChI=1S/C15H20N2O/c1-2-15(7-8-15)14(18)17-12-5-6-13-11(10-12)4-3-9-16-13/h5-6,10,16H,2-4,7-9H2,1H3,(H,17,18). The second-order valence-electron chi connectivity index (χ2n) is 5.49. The van der Waals surface area contributed by atoms with Gasteiger partial charge in [0.1, 0.15) is 0 Å². The number of rotatable bonds is 3. The normalized spacial score (nSPS) is 19.6. The number of aryl methyl sites for hydroxylation is 1. The Labute approximate surface area is 108 Å². The van der Waals surface area contributed by atoms with Crippen LogP contribution in [-0.2, 0) is 11.2 Å². The molecule has 0 spiro atoms. The number of hydrogen-bond acceptors (Lipinski definition) is 2. The fraction of sp³-hybridized carbons (Fsp3) is 0.533. The first kappa shape index (κ1) is 11.6. The van der Waals surface area contributed by atoms with E-state index in [0.29, 0.717) is 0 Å². The molecule has 2 N–H and O–H groups in total. The van der Waals surface area contributed by atoms with Crippen molar-refractivity contribution in [1.29, 1.82) is 0 Å². The largest absolute Gasteiger partial charge is 0.385 e. The molecule has 1 amide bonds. The predicted molar refractivity (Wildman–Crippen MR) is 73.8 cm³/mol. The molecule has 3 rings (SSSR count). The van der Waals surface area contributed by atoms with E-state index in [9.17, 15) is 4.79 Å². The van der Waals surface area contributed by atoms with Crippen molar-refractivity contribution in [3.05, 3.63) is 23.8 Å². The Balaban J connectivity index is 1.75. The van der Waals surface area contributed by atoms with Gasteiger partial charge in [0.15, 0.2) is 0 Å². The Bertz CT molecular complexity index is 477. The van der Waals surface area contributed by atoms with E-state index < -0.39 is 0 Å². The minimum atomic E-state index is -0.0614. The fourth-order valence-corrected chi connectivity index (χ4v) is 2.71. The third kappa shape index (κ3) is 1.98. The highest BCUT2D eigenvalue weighted by atomic mass is 16.2. The molecule has 1 aromatic rings. The molecular weight excluding hydrogens is 224 g/mol. The molecule has 0 radical (unpaired) electrons. The third-order valence-electron chi connectivity index (χ3n) is 4.31. The second kappa shape index (κ2) is 4.30. The lowest BCUT2D eigenvalue weighted by molar-refractivity contribution is -0.121. The van der Waals surface area contributed by atoms with Crippen LogP contribution in [0.25, 0.3) is 0 Å². The van der Waals surface area contributed by atoms with Crippen LogP contribution in [0.15, 0.2) is 18.2 Å². The maximum absolute atomic E-state index is 12.2. The van der Waals surface area contributed by atoms with Crippen LogP contribution in [0, 0.1) is 5.41 Å². The average Bonchev–Trinajstić information content (AvgIpc) is 3.19. The molecule has 1 aliphatic heterocycles. The summed E-state index contributed by atoms with van der Waals surface area (Å²) in [5.74, 6) is 0.203. The van der Waals surface area contributed by atoms with E-state index in [2.05, 4.69) is 29.7 Å². The molecule has 0 atom stereocenters. The van der Waals surface area contributed by atoms with Gasteiger partial charge in [-0.3, -0.25) is 4.79 Å². The number of hydrogen-bond donors (Lipinski definition) is 2. The molecule has 0 aromatic heterocycles. The smallest absolute Gasteiger partial charge is 0.230 e. The van der Waals surface area contributed by atoms with E-state index >= 15 is 0 Å². The lowest BCUT2D eigenvalue weighted by Crippen LogP contribution is -2.23. The summed E-state index contributed by atoms with van der Waals surface area (Å²) >= 11 is 0. The number of nitrogens with one attached hydrogen (secondary N) is 2. The van der Waals surface area contributed by atoms with Crippen molar-refractivity contribution < 1.29 is 4.79 Å². The minimum absolute atomic E-state index is 0.0614. The van der Waals surface area contributed by atoms with Crippen molar-refractivity contribution >= 4 is 17.3 Å². The molecule has 1 heterocycles. The van der Waals surface area contributed by atoms with Crippen LogP contribution in [0.3, 0.4) is 0 Å². The van der Waals surface area contributed by atoms with Gasteiger partial charge in [0, 0.05) is 23.3 Å². The number of amides is 1. The van der Waals surface area contributed by atoms with Crippen molar-refractivity contribution in [3.63, 3.8) is 0 Å². The molecule has 3 nitrogen and oxygen atoms in total. The SMILES string of the molecule is CCC1(C(=O)Nc2ccc3c(c2)CCCN3)CC1. The van der Waals surface area contributed by atoms with Gasteiger partial charge in [-0.1, -0.05) is 6.92 Å². The van der Waals surface area contributed by atoms with E-state index in [1.54, 1.807) is 0 Å². The van der Waals surface area contributed by atoms with Crippen molar-refractivity contribution in [2.45, 2.75) is 39.0 Å². The maximum atomic E-state index is 12.2. The Hall–Kier alpha value is -1.51. The van der Waals surface area contributed by atoms with Crippen LogP contribution >= 0.6 is 0 Å². The van der Waals surface area contributed by atoms with Crippen LogP contribution in [-0.4, -0.2) is 12.5 Å². The van der Waals surface area contributed by atoms with Gasteiger partial charge in [0.25, 0.3) is 0 Å². The summed E-state index contributed by atoms with van der Waals surface area (Å²) in [6.07, 6.45) is 5.31. The molecule has 1 aromatic carbocycles. The Morgan fingerprint density at radius 1 is 1.44 bits per heavy atom. The van der Waals surface area contributed by atoms with Gasteiger partial charge in [-0.05, 0) is 55.9 Å². The summed E-state index contributed by atoms with van der Waals surface area (Å²) in [4.78, 5) is 12.2. The molecule has 0 bridgehead atoms. The third-order valence-corrected chi connectivity index (χ3v) is 4.31. The zero-order valence-corrected chi connectivity index (χ0v) is 10.9. The van der Waals surface area contributed by atoms with Crippen LogP contribution in [0.4, 0.5) is 11.4 Å². The first-order valence-electron chi connectivity index (χ1n) is 6.92. The summed E-state index contributed by atoms with van der Waals surface area (Å²) in [7, 11) is 0. The summed E-state index contributed by atoms with van der Waals surface area (Å²) in [5, 5.41) is 6.46. The molecular formula is C15H20N2O. The van der Waals surface area contributed by atoms with Gasteiger partial charge in [-0.25, -0.2) is 0 Å². The van der Waals surface area contributed by atoms with Gasteiger partial charge in [-0.2, -0.15) is 0 Å². The van der Waals surface area contributed by atoms with Gasteiger partial charge in [0.2, 0.25) is 5.91 Å². The molecule has 3 heteroatoms. The Morgan fingerprint density at radius 2 is 2.28 bits per heavy atom. The predicted octanol–water partition coefficient (Wildman–Crippen LogP) is 3.17.